The maximum Gasteiger partial charge on any atom is 0.354 e. The Labute approximate surface area is 168 Å². The van der Waals surface area contributed by atoms with Crippen molar-refractivity contribution in [1.82, 2.24) is 15.3 Å². The van der Waals surface area contributed by atoms with Crippen LogP contribution in [0, 0.1) is 11.8 Å². The van der Waals surface area contributed by atoms with Crippen molar-refractivity contribution in [2.75, 3.05) is 25.5 Å². The van der Waals surface area contributed by atoms with Gasteiger partial charge in [0.05, 0.1) is 12.8 Å². The number of carbonyl (C=O) groups is 2. The molecular weight excluding hydrogens is 388 g/mol. The Morgan fingerprint density at radius 1 is 1.48 bits per heavy atom. The summed E-state index contributed by atoms with van der Waals surface area (Å²) in [5.41, 5.74) is 1.86. The third kappa shape index (κ3) is 5.54. The molecule has 148 valence electrons. The molecule has 0 aliphatic carbocycles. The van der Waals surface area contributed by atoms with Gasteiger partial charge in [-0.1, -0.05) is 6.92 Å². The van der Waals surface area contributed by atoms with E-state index in [0.717, 1.165) is 18.7 Å². The number of amides is 1. The molecule has 7 nitrogen and oxygen atoms in total. The molecule has 0 radical (unpaired) electrons. The third-order valence-electron chi connectivity index (χ3n) is 4.78. The van der Waals surface area contributed by atoms with Crippen LogP contribution in [0.15, 0.2) is 17.6 Å². The number of halogens is 1. The number of aromatic amines is 1. The Balaban J connectivity index is 0.00000261. The van der Waals surface area contributed by atoms with Gasteiger partial charge in [0.2, 0.25) is 5.91 Å². The zero-order chi connectivity index (χ0) is 18.5. The molecule has 3 heterocycles. The third-order valence-corrected chi connectivity index (χ3v) is 5.54. The fraction of sp³-hybridized carbons (Fsp3) is 0.500. The zero-order valence-electron chi connectivity index (χ0n) is 15.4. The Morgan fingerprint density at radius 3 is 3.00 bits per heavy atom. The lowest BCUT2D eigenvalue weighted by molar-refractivity contribution is -0.117. The van der Waals surface area contributed by atoms with E-state index in [4.69, 9.17) is 0 Å². The quantitative estimate of drug-likeness (QED) is 0.632. The van der Waals surface area contributed by atoms with E-state index in [2.05, 4.69) is 32.3 Å². The van der Waals surface area contributed by atoms with Crippen LogP contribution >= 0.6 is 23.7 Å². The zero-order valence-corrected chi connectivity index (χ0v) is 17.0. The van der Waals surface area contributed by atoms with Gasteiger partial charge in [-0.3, -0.25) is 4.79 Å². The van der Waals surface area contributed by atoms with E-state index in [1.165, 1.54) is 31.3 Å². The molecule has 1 aliphatic heterocycles. The summed E-state index contributed by atoms with van der Waals surface area (Å²) in [6.45, 7) is 4.21. The number of aromatic nitrogens is 2. The number of nitrogens with one attached hydrogen (secondary N) is 3. The summed E-state index contributed by atoms with van der Waals surface area (Å²) < 4.78 is 4.68. The molecule has 2 atom stereocenters. The van der Waals surface area contributed by atoms with E-state index in [1.54, 1.807) is 12.3 Å². The minimum atomic E-state index is -0.425. The number of anilines is 1. The molecule has 3 rings (SSSR count). The molecule has 3 N–H and O–H groups in total. The molecule has 1 aliphatic rings. The van der Waals surface area contributed by atoms with Crippen LogP contribution in [-0.4, -0.2) is 42.0 Å². The number of H-pyrrole nitrogens is 1. The van der Waals surface area contributed by atoms with Crippen molar-refractivity contribution < 1.29 is 14.3 Å². The van der Waals surface area contributed by atoms with Crippen molar-refractivity contribution in [2.24, 2.45) is 11.8 Å². The van der Waals surface area contributed by atoms with Crippen LogP contribution < -0.4 is 10.6 Å². The van der Waals surface area contributed by atoms with Crippen molar-refractivity contribution in [3.8, 4) is 11.3 Å². The minimum Gasteiger partial charge on any atom is -0.464 e. The number of hydrogen-bond donors (Lipinski definition) is 3. The molecule has 1 amide bonds. The van der Waals surface area contributed by atoms with Gasteiger partial charge in [-0.05, 0) is 43.8 Å². The Bertz CT molecular complexity index is 770. The summed E-state index contributed by atoms with van der Waals surface area (Å²) >= 11 is 1.37. The Hall–Kier alpha value is -1.90. The van der Waals surface area contributed by atoms with Crippen molar-refractivity contribution in [3.05, 3.63) is 23.3 Å². The van der Waals surface area contributed by atoms with Crippen molar-refractivity contribution >= 4 is 40.8 Å². The highest BCUT2D eigenvalue weighted by Crippen LogP contribution is 2.27. The van der Waals surface area contributed by atoms with E-state index >= 15 is 0 Å². The Morgan fingerprint density at radius 2 is 2.30 bits per heavy atom. The maximum absolute atomic E-state index is 12.3. The second-order valence-corrected chi connectivity index (χ2v) is 7.53. The lowest BCUT2D eigenvalue weighted by Gasteiger charge is -2.27. The molecule has 0 saturated carbocycles. The average molecular weight is 413 g/mol. The number of methoxy groups -OCH3 is 1. The number of hydrogen-bond acceptors (Lipinski definition) is 6. The van der Waals surface area contributed by atoms with E-state index < -0.39 is 5.97 Å². The molecule has 0 spiro atoms. The van der Waals surface area contributed by atoms with Crippen molar-refractivity contribution in [2.45, 2.75) is 26.2 Å². The van der Waals surface area contributed by atoms with E-state index in [1.807, 2.05) is 5.38 Å². The fourth-order valence-electron chi connectivity index (χ4n) is 3.23. The van der Waals surface area contributed by atoms with Gasteiger partial charge in [-0.2, -0.15) is 0 Å². The second-order valence-electron chi connectivity index (χ2n) is 6.67. The summed E-state index contributed by atoms with van der Waals surface area (Å²) in [7, 11) is 1.34. The van der Waals surface area contributed by atoms with E-state index in [-0.39, 0.29) is 18.3 Å². The first-order valence-corrected chi connectivity index (χ1v) is 9.68. The first-order valence-electron chi connectivity index (χ1n) is 8.80. The first kappa shape index (κ1) is 21.4. The molecule has 2 aromatic heterocycles. The number of nitrogens with zero attached hydrogens (tertiary/aromatic N) is 1. The van der Waals surface area contributed by atoms with Crippen LogP contribution in [0.25, 0.3) is 11.3 Å². The SMILES string of the molecule is COC(=O)c1cc(-c2csc(NC(=O)CC(C)C3CCCNC3)n2)c[nH]1.Cl. The van der Waals surface area contributed by atoms with Gasteiger partial charge in [0.15, 0.2) is 5.13 Å². The van der Waals surface area contributed by atoms with Gasteiger partial charge in [0.25, 0.3) is 0 Å². The van der Waals surface area contributed by atoms with E-state index in [9.17, 15) is 9.59 Å². The molecule has 27 heavy (non-hydrogen) atoms. The van der Waals surface area contributed by atoms with Gasteiger partial charge < -0.3 is 20.4 Å². The van der Waals surface area contributed by atoms with Crippen LogP contribution in [0.3, 0.4) is 0 Å². The lowest BCUT2D eigenvalue weighted by Crippen LogP contribution is -2.34. The van der Waals surface area contributed by atoms with Crippen LogP contribution in [0.5, 0.6) is 0 Å². The van der Waals surface area contributed by atoms with Crippen LogP contribution in [0.1, 0.15) is 36.7 Å². The number of piperidine rings is 1. The molecule has 0 bridgehead atoms. The molecule has 2 unspecified atom stereocenters. The summed E-state index contributed by atoms with van der Waals surface area (Å²) in [4.78, 5) is 31.1. The number of thiazole rings is 1. The summed E-state index contributed by atoms with van der Waals surface area (Å²) in [5.74, 6) is 0.465. The maximum atomic E-state index is 12.3. The van der Waals surface area contributed by atoms with Gasteiger partial charge in [-0.25, -0.2) is 9.78 Å². The highest BCUT2D eigenvalue weighted by molar-refractivity contribution is 7.14. The highest BCUT2D eigenvalue weighted by atomic mass is 35.5. The second kappa shape index (κ2) is 9.87. The number of ether oxygens (including phenoxy) is 1. The smallest absolute Gasteiger partial charge is 0.354 e. The summed E-state index contributed by atoms with van der Waals surface area (Å²) in [5, 5.41) is 8.71. The summed E-state index contributed by atoms with van der Waals surface area (Å²) in [6, 6.07) is 1.69. The molecular formula is C18H25ClN4O3S. The van der Waals surface area contributed by atoms with Crippen molar-refractivity contribution in [1.29, 1.82) is 0 Å². The molecule has 9 heteroatoms. The van der Waals surface area contributed by atoms with Crippen LogP contribution in [-0.2, 0) is 9.53 Å². The van der Waals surface area contributed by atoms with E-state index in [0.29, 0.717) is 34.8 Å². The lowest BCUT2D eigenvalue weighted by atomic mass is 9.85. The van der Waals surface area contributed by atoms with Crippen LogP contribution in [0.2, 0.25) is 0 Å². The highest BCUT2D eigenvalue weighted by Gasteiger charge is 2.22. The number of rotatable bonds is 6. The number of carbonyl (C=O) groups excluding carboxylic acids is 2. The standard InChI is InChI=1S/C18H24N4O3S.ClH/c1-11(12-4-3-5-19-8-12)6-16(23)22-18-21-15(10-26-18)13-7-14(20-9-13)17(24)25-2;/h7,9-12,19-20H,3-6,8H2,1-2H3,(H,21,22,23);1H. The monoisotopic (exact) mass is 412 g/mol. The topological polar surface area (TPSA) is 96.1 Å². The summed E-state index contributed by atoms with van der Waals surface area (Å²) in [6.07, 6.45) is 4.55. The molecule has 1 saturated heterocycles. The minimum absolute atomic E-state index is 0. The Kier molecular flexibility index (Phi) is 7.82. The van der Waals surface area contributed by atoms with Crippen LogP contribution in [0.4, 0.5) is 5.13 Å². The molecule has 1 fully saturated rings. The van der Waals surface area contributed by atoms with Gasteiger partial charge in [-0.15, -0.1) is 23.7 Å². The van der Waals surface area contributed by atoms with Crippen molar-refractivity contribution in [3.63, 3.8) is 0 Å². The normalized spacial score (nSPS) is 17.6. The molecule has 0 aromatic carbocycles. The van der Waals surface area contributed by atoms with Gasteiger partial charge >= 0.3 is 5.97 Å². The predicted octanol–water partition coefficient (Wildman–Crippen LogP) is 3.31. The number of esters is 1. The predicted molar refractivity (Wildman–Crippen MR) is 108 cm³/mol. The average Bonchev–Trinajstić information content (AvgIpc) is 3.31. The fourth-order valence-corrected chi connectivity index (χ4v) is 3.96. The van der Waals surface area contributed by atoms with Gasteiger partial charge in [0.1, 0.15) is 5.69 Å². The largest absolute Gasteiger partial charge is 0.464 e. The van der Waals surface area contributed by atoms with Gasteiger partial charge in [0, 0.05) is 23.6 Å². The first-order chi connectivity index (χ1) is 12.6. The molecule has 2 aromatic rings.